The Morgan fingerprint density at radius 3 is 2.81 bits per heavy atom. The second-order valence-corrected chi connectivity index (χ2v) is 4.53. The van der Waals surface area contributed by atoms with Crippen molar-refractivity contribution in [2.45, 2.75) is 32.2 Å². The molecule has 1 heterocycles. The highest BCUT2D eigenvalue weighted by Gasteiger charge is 2.25. The topological polar surface area (TPSA) is 47.0 Å². The van der Waals surface area contributed by atoms with Gasteiger partial charge in [-0.2, -0.15) is 0 Å². The first-order valence-corrected chi connectivity index (χ1v) is 5.91. The predicted octanol–water partition coefficient (Wildman–Crippen LogP) is 2.74. The van der Waals surface area contributed by atoms with Crippen molar-refractivity contribution in [1.82, 2.24) is 9.97 Å². The fourth-order valence-corrected chi connectivity index (χ4v) is 2.12. The van der Waals surface area contributed by atoms with Gasteiger partial charge in [-0.25, -0.2) is 9.97 Å². The van der Waals surface area contributed by atoms with Crippen molar-refractivity contribution in [2.75, 3.05) is 12.4 Å². The van der Waals surface area contributed by atoms with Gasteiger partial charge >= 0.3 is 0 Å². The standard InChI is InChI=1S/C11H16ClN3O/c1-7(8-4-3-5-8)15-11-9(16-2)10(12)13-6-14-11/h6-8H,3-5H2,1-2H3,(H,13,14,15). The molecule has 1 atom stereocenters. The molecular weight excluding hydrogens is 226 g/mol. The van der Waals surface area contributed by atoms with Crippen LogP contribution in [0.25, 0.3) is 0 Å². The van der Waals surface area contributed by atoms with E-state index in [-0.39, 0.29) is 0 Å². The van der Waals surface area contributed by atoms with Gasteiger partial charge in [0.1, 0.15) is 6.33 Å². The first kappa shape index (κ1) is 11.5. The Bertz CT molecular complexity index is 368. The minimum absolute atomic E-state index is 0.348. The van der Waals surface area contributed by atoms with Gasteiger partial charge in [0.25, 0.3) is 0 Å². The number of rotatable bonds is 4. The summed E-state index contributed by atoms with van der Waals surface area (Å²) in [5.74, 6) is 1.94. The summed E-state index contributed by atoms with van der Waals surface area (Å²) in [6.07, 6.45) is 5.35. The number of hydrogen-bond donors (Lipinski definition) is 1. The van der Waals surface area contributed by atoms with E-state index < -0.39 is 0 Å². The molecule has 1 saturated carbocycles. The molecule has 0 aromatic carbocycles. The van der Waals surface area contributed by atoms with Crippen LogP contribution < -0.4 is 10.1 Å². The summed E-state index contributed by atoms with van der Waals surface area (Å²) in [5.41, 5.74) is 0. The van der Waals surface area contributed by atoms with Crippen molar-refractivity contribution in [1.29, 1.82) is 0 Å². The van der Waals surface area contributed by atoms with Crippen LogP contribution in [-0.4, -0.2) is 23.1 Å². The zero-order chi connectivity index (χ0) is 11.5. The average Bonchev–Trinajstić information content (AvgIpc) is 2.15. The lowest BCUT2D eigenvalue weighted by Crippen LogP contribution is -2.31. The SMILES string of the molecule is COc1c(Cl)ncnc1NC(C)C1CCC1. The predicted molar refractivity (Wildman–Crippen MR) is 64.0 cm³/mol. The number of hydrogen-bond acceptors (Lipinski definition) is 4. The summed E-state index contributed by atoms with van der Waals surface area (Å²) in [6, 6.07) is 0.397. The van der Waals surface area contributed by atoms with Gasteiger partial charge in [0.05, 0.1) is 7.11 Å². The van der Waals surface area contributed by atoms with Crippen LogP contribution in [0.4, 0.5) is 5.82 Å². The molecule has 0 amide bonds. The van der Waals surface area contributed by atoms with Crippen LogP contribution in [0.3, 0.4) is 0 Å². The Hall–Kier alpha value is -1.03. The van der Waals surface area contributed by atoms with Gasteiger partial charge in [0.15, 0.2) is 16.7 Å². The van der Waals surface area contributed by atoms with Crippen LogP contribution in [0.15, 0.2) is 6.33 Å². The smallest absolute Gasteiger partial charge is 0.198 e. The van der Waals surface area contributed by atoms with Crippen molar-refractivity contribution in [3.05, 3.63) is 11.5 Å². The highest BCUT2D eigenvalue weighted by Crippen LogP contribution is 2.34. The lowest BCUT2D eigenvalue weighted by molar-refractivity contribution is 0.284. The van der Waals surface area contributed by atoms with Crippen molar-refractivity contribution in [2.24, 2.45) is 5.92 Å². The molecule has 1 unspecified atom stereocenters. The van der Waals surface area contributed by atoms with Gasteiger partial charge in [-0.3, -0.25) is 0 Å². The molecular formula is C11H16ClN3O. The molecule has 88 valence electrons. The Kier molecular flexibility index (Phi) is 3.49. The normalized spacial score (nSPS) is 17.7. The maximum Gasteiger partial charge on any atom is 0.198 e. The van der Waals surface area contributed by atoms with Crippen LogP contribution >= 0.6 is 11.6 Å². The molecule has 0 radical (unpaired) electrons. The minimum atomic E-state index is 0.348. The molecule has 5 heteroatoms. The summed E-state index contributed by atoms with van der Waals surface area (Å²) in [6.45, 7) is 2.17. The number of nitrogens with zero attached hydrogens (tertiary/aromatic N) is 2. The van der Waals surface area contributed by atoms with Crippen molar-refractivity contribution in [3.8, 4) is 5.75 Å². The number of ether oxygens (including phenoxy) is 1. The minimum Gasteiger partial charge on any atom is -0.490 e. The molecule has 0 aliphatic heterocycles. The van der Waals surface area contributed by atoms with E-state index in [9.17, 15) is 0 Å². The second-order valence-electron chi connectivity index (χ2n) is 4.17. The Balaban J connectivity index is 2.10. The maximum absolute atomic E-state index is 5.92. The second kappa shape index (κ2) is 4.87. The molecule has 16 heavy (non-hydrogen) atoms. The monoisotopic (exact) mass is 241 g/mol. The van der Waals surface area contributed by atoms with Gasteiger partial charge in [-0.15, -0.1) is 0 Å². The largest absolute Gasteiger partial charge is 0.490 e. The Labute approximate surface area is 100 Å². The molecule has 0 saturated heterocycles. The van der Waals surface area contributed by atoms with Gasteiger partial charge < -0.3 is 10.1 Å². The molecule has 2 rings (SSSR count). The van der Waals surface area contributed by atoms with Crippen LogP contribution in [0.5, 0.6) is 5.75 Å². The van der Waals surface area contributed by atoms with Gasteiger partial charge in [0.2, 0.25) is 0 Å². The van der Waals surface area contributed by atoms with Crippen molar-refractivity contribution in [3.63, 3.8) is 0 Å². The summed E-state index contributed by atoms with van der Waals surface area (Å²) in [5, 5.41) is 3.69. The lowest BCUT2D eigenvalue weighted by Gasteiger charge is -2.32. The first-order chi connectivity index (χ1) is 7.72. The molecule has 1 aliphatic carbocycles. The van der Waals surface area contributed by atoms with Crippen LogP contribution in [0.2, 0.25) is 5.15 Å². The molecule has 0 bridgehead atoms. The van der Waals surface area contributed by atoms with E-state index >= 15 is 0 Å². The van der Waals surface area contributed by atoms with Gasteiger partial charge in [0, 0.05) is 6.04 Å². The highest BCUT2D eigenvalue weighted by atomic mass is 35.5. The fraction of sp³-hybridized carbons (Fsp3) is 0.636. The van der Waals surface area contributed by atoms with Crippen molar-refractivity contribution < 1.29 is 4.74 Å². The summed E-state index contributed by atoms with van der Waals surface area (Å²) in [4.78, 5) is 8.05. The number of methoxy groups -OCH3 is 1. The van der Waals surface area contributed by atoms with Crippen LogP contribution in [-0.2, 0) is 0 Å². The number of aromatic nitrogens is 2. The third kappa shape index (κ3) is 2.21. The Morgan fingerprint density at radius 1 is 1.50 bits per heavy atom. The molecule has 1 N–H and O–H groups in total. The van der Waals surface area contributed by atoms with E-state index in [2.05, 4.69) is 22.2 Å². The van der Waals surface area contributed by atoms with E-state index in [0.717, 1.165) is 5.92 Å². The van der Waals surface area contributed by atoms with Crippen molar-refractivity contribution >= 4 is 17.4 Å². The maximum atomic E-state index is 5.92. The van der Waals surface area contributed by atoms with E-state index in [1.54, 1.807) is 7.11 Å². The van der Waals surface area contributed by atoms with E-state index in [1.807, 2.05) is 0 Å². The first-order valence-electron chi connectivity index (χ1n) is 5.53. The molecule has 1 aromatic heterocycles. The number of nitrogens with one attached hydrogen (secondary N) is 1. The third-order valence-electron chi connectivity index (χ3n) is 3.19. The third-order valence-corrected chi connectivity index (χ3v) is 3.46. The molecule has 4 nitrogen and oxygen atoms in total. The van der Waals surface area contributed by atoms with Crippen LogP contribution in [0, 0.1) is 5.92 Å². The number of anilines is 1. The summed E-state index contributed by atoms with van der Waals surface area (Å²) >= 11 is 5.92. The quantitative estimate of drug-likeness (QED) is 0.824. The summed E-state index contributed by atoms with van der Waals surface area (Å²) in [7, 11) is 1.57. The van der Waals surface area contributed by atoms with Gasteiger partial charge in [-0.1, -0.05) is 18.0 Å². The molecule has 1 fully saturated rings. The molecule has 1 aromatic rings. The Morgan fingerprint density at radius 2 is 2.25 bits per heavy atom. The van der Waals surface area contributed by atoms with E-state index in [1.165, 1.54) is 25.6 Å². The number of halogens is 1. The van der Waals surface area contributed by atoms with E-state index in [4.69, 9.17) is 16.3 Å². The zero-order valence-electron chi connectivity index (χ0n) is 9.53. The molecule has 0 spiro atoms. The zero-order valence-corrected chi connectivity index (χ0v) is 10.3. The fourth-order valence-electron chi connectivity index (χ4n) is 1.91. The van der Waals surface area contributed by atoms with E-state index in [0.29, 0.717) is 22.8 Å². The van der Waals surface area contributed by atoms with Gasteiger partial charge in [-0.05, 0) is 25.7 Å². The summed E-state index contributed by atoms with van der Waals surface area (Å²) < 4.78 is 5.19. The highest BCUT2D eigenvalue weighted by molar-refractivity contribution is 6.31. The average molecular weight is 242 g/mol. The lowest BCUT2D eigenvalue weighted by atomic mass is 9.80. The van der Waals surface area contributed by atoms with Crippen LogP contribution in [0.1, 0.15) is 26.2 Å². The molecule has 1 aliphatic rings.